The molecule has 0 bridgehead atoms. The molecule has 0 spiro atoms. The van der Waals surface area contributed by atoms with Crippen LogP contribution in [0.5, 0.6) is 0 Å². The quantitative estimate of drug-likeness (QED) is 0.839. The maximum atomic E-state index is 11.4. The Morgan fingerprint density at radius 1 is 1.44 bits per heavy atom. The number of nitrogens with one attached hydrogen (secondary N) is 1. The van der Waals surface area contributed by atoms with Crippen molar-refractivity contribution >= 4 is 11.6 Å². The summed E-state index contributed by atoms with van der Waals surface area (Å²) in [6, 6.07) is 7.86. The molecule has 0 unspecified atom stereocenters. The Bertz CT molecular complexity index is 599. The lowest BCUT2D eigenvalue weighted by molar-refractivity contribution is -0.111. The molecule has 18 heavy (non-hydrogen) atoms. The van der Waals surface area contributed by atoms with Crippen LogP contribution in [0.15, 0.2) is 43.1 Å². The summed E-state index contributed by atoms with van der Waals surface area (Å²) in [7, 11) is 1.89. The van der Waals surface area contributed by atoms with Gasteiger partial charge < -0.3 is 5.32 Å². The molecule has 1 aromatic carbocycles. The number of anilines is 1. The van der Waals surface area contributed by atoms with Gasteiger partial charge in [0.05, 0.1) is 5.69 Å². The van der Waals surface area contributed by atoms with E-state index in [0.717, 1.165) is 22.5 Å². The average molecular weight is 241 g/mol. The number of benzene rings is 1. The Kier molecular flexibility index (Phi) is 3.28. The Morgan fingerprint density at radius 3 is 2.83 bits per heavy atom. The molecule has 0 aliphatic carbocycles. The third-order valence-corrected chi connectivity index (χ3v) is 2.80. The standard InChI is InChI=1S/C14H15N3O/c1-4-14(18)16-12-9-11(6-5-10(12)2)13-7-8-15-17(13)3/h4-9H,1H2,2-3H3,(H,16,18). The van der Waals surface area contributed by atoms with Crippen LogP contribution in [-0.4, -0.2) is 15.7 Å². The summed E-state index contributed by atoms with van der Waals surface area (Å²) in [6.07, 6.45) is 3.01. The van der Waals surface area contributed by atoms with E-state index in [4.69, 9.17) is 0 Å². The highest BCUT2D eigenvalue weighted by Gasteiger charge is 2.06. The summed E-state index contributed by atoms with van der Waals surface area (Å²) < 4.78 is 1.80. The van der Waals surface area contributed by atoms with Gasteiger partial charge in [0.15, 0.2) is 0 Å². The van der Waals surface area contributed by atoms with Crippen molar-refractivity contribution < 1.29 is 4.79 Å². The fourth-order valence-corrected chi connectivity index (χ4v) is 1.76. The SMILES string of the molecule is C=CC(=O)Nc1cc(-c2ccnn2C)ccc1C. The van der Waals surface area contributed by atoms with Gasteiger partial charge in [0.2, 0.25) is 5.91 Å². The highest BCUT2D eigenvalue weighted by atomic mass is 16.1. The van der Waals surface area contributed by atoms with Crippen LogP contribution >= 0.6 is 0 Å². The highest BCUT2D eigenvalue weighted by Crippen LogP contribution is 2.24. The van der Waals surface area contributed by atoms with Crippen LogP contribution in [0.1, 0.15) is 5.56 Å². The fourth-order valence-electron chi connectivity index (χ4n) is 1.76. The first-order valence-corrected chi connectivity index (χ1v) is 5.64. The first-order chi connectivity index (χ1) is 8.61. The molecule has 4 heteroatoms. The minimum absolute atomic E-state index is 0.208. The average Bonchev–Trinajstić information content (AvgIpc) is 2.78. The summed E-state index contributed by atoms with van der Waals surface area (Å²) in [5, 5.41) is 6.93. The van der Waals surface area contributed by atoms with Gasteiger partial charge in [0.25, 0.3) is 0 Å². The van der Waals surface area contributed by atoms with Crippen LogP contribution < -0.4 is 5.32 Å². The first-order valence-electron chi connectivity index (χ1n) is 5.64. The lowest BCUT2D eigenvalue weighted by Crippen LogP contribution is -2.08. The topological polar surface area (TPSA) is 46.9 Å². The maximum absolute atomic E-state index is 11.4. The largest absolute Gasteiger partial charge is 0.322 e. The van der Waals surface area contributed by atoms with E-state index in [9.17, 15) is 4.79 Å². The number of hydrogen-bond donors (Lipinski definition) is 1. The molecule has 0 saturated carbocycles. The number of nitrogens with zero attached hydrogens (tertiary/aromatic N) is 2. The molecule has 1 N–H and O–H groups in total. The van der Waals surface area contributed by atoms with Crippen LogP contribution in [0.3, 0.4) is 0 Å². The van der Waals surface area contributed by atoms with E-state index in [-0.39, 0.29) is 5.91 Å². The van der Waals surface area contributed by atoms with Gasteiger partial charge in [0.1, 0.15) is 0 Å². The Balaban J connectivity index is 2.41. The Hall–Kier alpha value is -2.36. The van der Waals surface area contributed by atoms with Crippen LogP contribution in [0.2, 0.25) is 0 Å². The molecule has 2 aromatic rings. The molecule has 4 nitrogen and oxygen atoms in total. The number of rotatable bonds is 3. The number of aromatic nitrogens is 2. The molecule has 2 rings (SSSR count). The molecule has 1 amide bonds. The number of aryl methyl sites for hydroxylation is 2. The summed E-state index contributed by atoms with van der Waals surface area (Å²) >= 11 is 0. The zero-order chi connectivity index (χ0) is 13.1. The van der Waals surface area contributed by atoms with Crippen LogP contribution in [0.4, 0.5) is 5.69 Å². The van der Waals surface area contributed by atoms with E-state index in [2.05, 4.69) is 17.0 Å². The van der Waals surface area contributed by atoms with Crippen molar-refractivity contribution in [1.29, 1.82) is 0 Å². The minimum atomic E-state index is -0.208. The normalized spacial score (nSPS) is 10.1. The minimum Gasteiger partial charge on any atom is -0.322 e. The zero-order valence-corrected chi connectivity index (χ0v) is 10.5. The molecule has 0 saturated heterocycles. The van der Waals surface area contributed by atoms with Crippen molar-refractivity contribution in [1.82, 2.24) is 9.78 Å². The lowest BCUT2D eigenvalue weighted by Gasteiger charge is -2.09. The van der Waals surface area contributed by atoms with E-state index in [1.165, 1.54) is 6.08 Å². The van der Waals surface area contributed by atoms with Gasteiger partial charge in [-0.3, -0.25) is 9.48 Å². The van der Waals surface area contributed by atoms with Crippen molar-refractivity contribution in [2.24, 2.45) is 7.05 Å². The van der Waals surface area contributed by atoms with E-state index in [1.54, 1.807) is 10.9 Å². The Labute approximate surface area is 106 Å². The summed E-state index contributed by atoms with van der Waals surface area (Å²) in [5.74, 6) is -0.208. The van der Waals surface area contributed by atoms with E-state index in [1.807, 2.05) is 38.2 Å². The molecular weight excluding hydrogens is 226 g/mol. The summed E-state index contributed by atoms with van der Waals surface area (Å²) in [5.41, 5.74) is 3.82. The molecule has 1 heterocycles. The van der Waals surface area contributed by atoms with Gasteiger partial charge in [-0.2, -0.15) is 5.10 Å². The van der Waals surface area contributed by atoms with Gasteiger partial charge in [0, 0.05) is 24.5 Å². The van der Waals surface area contributed by atoms with Crippen molar-refractivity contribution in [2.75, 3.05) is 5.32 Å². The first kappa shape index (κ1) is 12.1. The number of carbonyl (C=O) groups is 1. The van der Waals surface area contributed by atoms with Gasteiger partial charge in [-0.25, -0.2) is 0 Å². The number of hydrogen-bond acceptors (Lipinski definition) is 2. The third kappa shape index (κ3) is 2.32. The number of carbonyl (C=O) groups excluding carboxylic acids is 1. The molecular formula is C14H15N3O. The van der Waals surface area contributed by atoms with Crippen molar-refractivity contribution in [3.8, 4) is 11.3 Å². The summed E-state index contributed by atoms with van der Waals surface area (Å²) in [6.45, 7) is 5.40. The maximum Gasteiger partial charge on any atom is 0.247 e. The van der Waals surface area contributed by atoms with Crippen molar-refractivity contribution in [2.45, 2.75) is 6.92 Å². The van der Waals surface area contributed by atoms with Crippen molar-refractivity contribution in [3.05, 3.63) is 48.7 Å². The van der Waals surface area contributed by atoms with Crippen LogP contribution in [0, 0.1) is 6.92 Å². The van der Waals surface area contributed by atoms with Crippen LogP contribution in [0.25, 0.3) is 11.3 Å². The molecule has 0 fully saturated rings. The molecule has 0 aliphatic heterocycles. The van der Waals surface area contributed by atoms with Gasteiger partial charge >= 0.3 is 0 Å². The Morgan fingerprint density at radius 2 is 2.22 bits per heavy atom. The van der Waals surface area contributed by atoms with Crippen LogP contribution in [-0.2, 0) is 11.8 Å². The predicted octanol–water partition coefficient (Wildman–Crippen LogP) is 2.52. The van der Waals surface area contributed by atoms with E-state index >= 15 is 0 Å². The molecule has 1 aromatic heterocycles. The molecule has 92 valence electrons. The van der Waals surface area contributed by atoms with E-state index < -0.39 is 0 Å². The molecule has 0 atom stereocenters. The second kappa shape index (κ2) is 4.87. The zero-order valence-electron chi connectivity index (χ0n) is 10.5. The predicted molar refractivity (Wildman–Crippen MR) is 72.2 cm³/mol. The molecule has 0 radical (unpaired) electrons. The highest BCUT2D eigenvalue weighted by molar-refractivity contribution is 5.99. The van der Waals surface area contributed by atoms with E-state index in [0.29, 0.717) is 0 Å². The number of amides is 1. The van der Waals surface area contributed by atoms with Crippen molar-refractivity contribution in [3.63, 3.8) is 0 Å². The fraction of sp³-hybridized carbons (Fsp3) is 0.143. The van der Waals surface area contributed by atoms with Gasteiger partial charge in [-0.05, 0) is 30.7 Å². The lowest BCUT2D eigenvalue weighted by atomic mass is 10.1. The summed E-state index contributed by atoms with van der Waals surface area (Å²) in [4.78, 5) is 11.4. The third-order valence-electron chi connectivity index (χ3n) is 2.80. The second-order valence-electron chi connectivity index (χ2n) is 4.06. The molecule has 0 aliphatic rings. The van der Waals surface area contributed by atoms with Gasteiger partial charge in [-0.15, -0.1) is 0 Å². The smallest absolute Gasteiger partial charge is 0.247 e. The monoisotopic (exact) mass is 241 g/mol. The van der Waals surface area contributed by atoms with Gasteiger partial charge in [-0.1, -0.05) is 18.7 Å². The second-order valence-corrected chi connectivity index (χ2v) is 4.06.